The van der Waals surface area contributed by atoms with Crippen LogP contribution in [0.2, 0.25) is 0 Å². The molecule has 0 aliphatic rings. The molecule has 0 bridgehead atoms. The number of carboxylic acids is 1. The van der Waals surface area contributed by atoms with Gasteiger partial charge >= 0.3 is 5.97 Å². The molecular formula is C13H14O2. The first-order valence-corrected chi connectivity index (χ1v) is 4.94. The van der Waals surface area contributed by atoms with Crippen LogP contribution in [0, 0.1) is 18.3 Å². The third kappa shape index (κ3) is 4.33. The topological polar surface area (TPSA) is 37.3 Å². The van der Waals surface area contributed by atoms with Crippen molar-refractivity contribution in [1.82, 2.24) is 0 Å². The first-order chi connectivity index (χ1) is 7.22. The van der Waals surface area contributed by atoms with Crippen molar-refractivity contribution in [3.8, 4) is 12.3 Å². The molecule has 0 radical (unpaired) electrons. The van der Waals surface area contributed by atoms with Crippen LogP contribution in [0.4, 0.5) is 0 Å². The van der Waals surface area contributed by atoms with Crippen LogP contribution < -0.4 is 0 Å². The van der Waals surface area contributed by atoms with Crippen LogP contribution in [0.1, 0.15) is 18.4 Å². The molecule has 0 spiro atoms. The zero-order valence-corrected chi connectivity index (χ0v) is 8.52. The molecule has 1 unspecified atom stereocenters. The van der Waals surface area contributed by atoms with E-state index in [0.717, 1.165) is 12.8 Å². The summed E-state index contributed by atoms with van der Waals surface area (Å²) in [5.41, 5.74) is 1.20. The summed E-state index contributed by atoms with van der Waals surface area (Å²) in [4.78, 5) is 10.5. The van der Waals surface area contributed by atoms with Crippen LogP contribution in [0.3, 0.4) is 0 Å². The lowest BCUT2D eigenvalue weighted by molar-refractivity contribution is -0.137. The van der Waals surface area contributed by atoms with Crippen LogP contribution in [-0.2, 0) is 11.2 Å². The molecule has 1 aromatic carbocycles. The minimum absolute atomic E-state index is 0.0589. The number of hydrogen-bond donors (Lipinski definition) is 1. The highest BCUT2D eigenvalue weighted by atomic mass is 16.4. The summed E-state index contributed by atoms with van der Waals surface area (Å²) in [5, 5.41) is 8.62. The zero-order valence-electron chi connectivity index (χ0n) is 8.52. The average Bonchev–Trinajstić information content (AvgIpc) is 2.25. The summed E-state index contributed by atoms with van der Waals surface area (Å²) >= 11 is 0. The van der Waals surface area contributed by atoms with Crippen molar-refractivity contribution < 1.29 is 9.90 Å². The van der Waals surface area contributed by atoms with Crippen molar-refractivity contribution in [3.63, 3.8) is 0 Å². The normalized spacial score (nSPS) is 11.7. The highest BCUT2D eigenvalue weighted by molar-refractivity contribution is 5.67. The molecule has 1 atom stereocenters. The van der Waals surface area contributed by atoms with Crippen molar-refractivity contribution in [3.05, 3.63) is 35.9 Å². The summed E-state index contributed by atoms with van der Waals surface area (Å²) in [6.45, 7) is 0. The number of carboxylic acid groups (broad SMARTS) is 1. The van der Waals surface area contributed by atoms with Gasteiger partial charge in [0.15, 0.2) is 0 Å². The molecule has 0 saturated carbocycles. The van der Waals surface area contributed by atoms with Crippen molar-refractivity contribution >= 4 is 5.97 Å². The van der Waals surface area contributed by atoms with Crippen LogP contribution in [0.5, 0.6) is 0 Å². The average molecular weight is 202 g/mol. The smallest absolute Gasteiger partial charge is 0.304 e. The molecule has 2 nitrogen and oxygen atoms in total. The Balaban J connectivity index is 2.42. The second-order valence-electron chi connectivity index (χ2n) is 3.49. The van der Waals surface area contributed by atoms with E-state index in [1.54, 1.807) is 0 Å². The van der Waals surface area contributed by atoms with Crippen LogP contribution in [-0.4, -0.2) is 11.1 Å². The van der Waals surface area contributed by atoms with Gasteiger partial charge in [0.25, 0.3) is 0 Å². The molecule has 78 valence electrons. The van der Waals surface area contributed by atoms with Crippen molar-refractivity contribution in [1.29, 1.82) is 0 Å². The lowest BCUT2D eigenvalue weighted by atomic mass is 9.97. The molecule has 1 N–H and O–H groups in total. The van der Waals surface area contributed by atoms with Crippen LogP contribution in [0.25, 0.3) is 0 Å². The molecule has 1 rings (SSSR count). The number of hydrogen-bond acceptors (Lipinski definition) is 1. The van der Waals surface area contributed by atoms with Gasteiger partial charge < -0.3 is 5.11 Å². The summed E-state index contributed by atoms with van der Waals surface area (Å²) < 4.78 is 0. The highest BCUT2D eigenvalue weighted by Gasteiger charge is 2.09. The summed E-state index contributed by atoms with van der Waals surface area (Å²) in [5.74, 6) is 1.53. The Morgan fingerprint density at radius 3 is 2.60 bits per heavy atom. The Hall–Kier alpha value is -1.75. The lowest BCUT2D eigenvalue weighted by Gasteiger charge is -2.07. The monoisotopic (exact) mass is 202 g/mol. The second kappa shape index (κ2) is 5.87. The Morgan fingerprint density at radius 1 is 1.40 bits per heavy atom. The molecule has 1 aromatic rings. The molecule has 0 aliphatic carbocycles. The first kappa shape index (κ1) is 11.3. The van der Waals surface area contributed by atoms with E-state index in [1.807, 2.05) is 30.3 Å². The molecule has 2 heteroatoms. The molecule has 15 heavy (non-hydrogen) atoms. The third-order valence-electron chi connectivity index (χ3n) is 2.28. The quantitative estimate of drug-likeness (QED) is 0.744. The third-order valence-corrected chi connectivity index (χ3v) is 2.28. The minimum atomic E-state index is -0.828. The standard InChI is InChI=1S/C13H14O2/c1-2-11(10-13(14)15)8-9-12-6-4-3-5-7-12/h1,3-7,11H,8-10H2,(H,14,15). The van der Waals surface area contributed by atoms with Gasteiger partial charge in [-0.2, -0.15) is 0 Å². The van der Waals surface area contributed by atoms with Crippen molar-refractivity contribution in [2.24, 2.45) is 5.92 Å². The molecule has 0 fully saturated rings. The van der Waals surface area contributed by atoms with E-state index in [9.17, 15) is 4.79 Å². The van der Waals surface area contributed by atoms with E-state index in [2.05, 4.69) is 5.92 Å². The Kier molecular flexibility index (Phi) is 4.43. The maximum Gasteiger partial charge on any atom is 0.304 e. The van der Waals surface area contributed by atoms with E-state index in [1.165, 1.54) is 5.56 Å². The molecule has 0 heterocycles. The maximum atomic E-state index is 10.5. The minimum Gasteiger partial charge on any atom is -0.481 e. The number of benzene rings is 1. The molecular weight excluding hydrogens is 188 g/mol. The van der Waals surface area contributed by atoms with Crippen LogP contribution in [0.15, 0.2) is 30.3 Å². The van der Waals surface area contributed by atoms with Gasteiger partial charge in [-0.25, -0.2) is 0 Å². The highest BCUT2D eigenvalue weighted by Crippen LogP contribution is 2.12. The fourth-order valence-corrected chi connectivity index (χ4v) is 1.44. The molecule has 0 amide bonds. The predicted molar refractivity (Wildman–Crippen MR) is 59.3 cm³/mol. The fourth-order valence-electron chi connectivity index (χ4n) is 1.44. The SMILES string of the molecule is C#CC(CCc1ccccc1)CC(=O)O. The number of aliphatic carboxylic acids is 1. The number of terminal acetylenes is 1. The van der Waals surface area contributed by atoms with E-state index in [4.69, 9.17) is 11.5 Å². The van der Waals surface area contributed by atoms with E-state index < -0.39 is 5.97 Å². The molecule has 0 aromatic heterocycles. The second-order valence-corrected chi connectivity index (χ2v) is 3.49. The Morgan fingerprint density at radius 2 is 2.07 bits per heavy atom. The van der Waals surface area contributed by atoms with E-state index >= 15 is 0 Å². The van der Waals surface area contributed by atoms with Gasteiger partial charge in [-0.1, -0.05) is 30.3 Å². The predicted octanol–water partition coefficient (Wildman–Crippen LogP) is 2.34. The van der Waals surface area contributed by atoms with Crippen molar-refractivity contribution in [2.75, 3.05) is 0 Å². The van der Waals surface area contributed by atoms with Crippen LogP contribution >= 0.6 is 0 Å². The van der Waals surface area contributed by atoms with E-state index in [-0.39, 0.29) is 12.3 Å². The van der Waals surface area contributed by atoms with Crippen molar-refractivity contribution in [2.45, 2.75) is 19.3 Å². The lowest BCUT2D eigenvalue weighted by Crippen LogP contribution is -2.06. The number of aryl methyl sites for hydroxylation is 1. The van der Waals surface area contributed by atoms with Gasteiger partial charge in [-0.15, -0.1) is 12.3 Å². The largest absolute Gasteiger partial charge is 0.481 e. The van der Waals surface area contributed by atoms with Gasteiger partial charge in [0, 0.05) is 5.92 Å². The Labute approximate surface area is 89.9 Å². The Bertz CT molecular complexity index is 349. The van der Waals surface area contributed by atoms with Gasteiger partial charge in [-0.3, -0.25) is 4.79 Å². The fraction of sp³-hybridized carbons (Fsp3) is 0.308. The number of carbonyl (C=O) groups is 1. The van der Waals surface area contributed by atoms with Gasteiger partial charge in [0.2, 0.25) is 0 Å². The number of rotatable bonds is 5. The van der Waals surface area contributed by atoms with Gasteiger partial charge in [0.1, 0.15) is 0 Å². The van der Waals surface area contributed by atoms with E-state index in [0.29, 0.717) is 0 Å². The molecule has 0 aliphatic heterocycles. The maximum absolute atomic E-state index is 10.5. The zero-order chi connectivity index (χ0) is 11.1. The summed E-state index contributed by atoms with van der Waals surface area (Å²) in [6.07, 6.45) is 6.90. The summed E-state index contributed by atoms with van der Waals surface area (Å²) in [7, 11) is 0. The van der Waals surface area contributed by atoms with Gasteiger partial charge in [-0.05, 0) is 18.4 Å². The summed E-state index contributed by atoms with van der Waals surface area (Å²) in [6, 6.07) is 9.94. The first-order valence-electron chi connectivity index (χ1n) is 4.94. The molecule has 0 saturated heterocycles. The van der Waals surface area contributed by atoms with Gasteiger partial charge in [0.05, 0.1) is 6.42 Å².